The van der Waals surface area contributed by atoms with E-state index in [-0.39, 0.29) is 5.92 Å². The fraction of sp³-hybridized carbons (Fsp3) is 0.312. The van der Waals surface area contributed by atoms with Crippen LogP contribution in [0.15, 0.2) is 24.7 Å². The van der Waals surface area contributed by atoms with Gasteiger partial charge in [0.1, 0.15) is 5.82 Å². The van der Waals surface area contributed by atoms with Gasteiger partial charge in [-0.15, -0.1) is 0 Å². The molecule has 3 aromatic rings. The van der Waals surface area contributed by atoms with E-state index >= 15 is 0 Å². The Morgan fingerprint density at radius 3 is 2.54 bits per heavy atom. The second kappa shape index (κ2) is 7.43. The third-order valence-electron chi connectivity index (χ3n) is 3.40. The summed E-state index contributed by atoms with van der Waals surface area (Å²) < 4.78 is 1.55. The zero-order chi connectivity index (χ0) is 18.8. The van der Waals surface area contributed by atoms with E-state index < -0.39 is 0 Å². The molecule has 0 amide bonds. The predicted molar refractivity (Wildman–Crippen MR) is 103 cm³/mol. The van der Waals surface area contributed by atoms with Crippen LogP contribution in [0.4, 0.5) is 17.6 Å². The highest BCUT2D eigenvalue weighted by Crippen LogP contribution is 2.23. The number of rotatable bonds is 5. The third-order valence-corrected chi connectivity index (χ3v) is 3.89. The molecule has 3 aromatic heterocycles. The normalized spacial score (nSPS) is 11.0. The average Bonchev–Trinajstić information content (AvgIpc) is 3.02. The number of hydrogen-bond acceptors (Lipinski definition) is 7. The zero-order valence-corrected chi connectivity index (χ0v) is 16.3. The molecule has 3 rings (SSSR count). The molecule has 0 unspecified atom stereocenters. The van der Waals surface area contributed by atoms with Crippen LogP contribution in [0.2, 0.25) is 10.0 Å². The van der Waals surface area contributed by atoms with Crippen LogP contribution in [0, 0.1) is 0 Å². The van der Waals surface area contributed by atoms with Gasteiger partial charge in [0, 0.05) is 26.2 Å². The Kier molecular flexibility index (Phi) is 5.24. The van der Waals surface area contributed by atoms with Crippen molar-refractivity contribution in [1.29, 1.82) is 0 Å². The second-order valence-corrected chi connectivity index (χ2v) is 6.97. The molecule has 0 spiro atoms. The van der Waals surface area contributed by atoms with Crippen molar-refractivity contribution < 1.29 is 0 Å². The molecule has 0 fully saturated rings. The predicted octanol–water partition coefficient (Wildman–Crippen LogP) is 3.69. The van der Waals surface area contributed by atoms with Gasteiger partial charge >= 0.3 is 0 Å². The molecule has 1 N–H and O–H groups in total. The lowest BCUT2D eigenvalue weighted by Crippen LogP contribution is -2.16. The van der Waals surface area contributed by atoms with Gasteiger partial charge in [0.05, 0.1) is 28.1 Å². The number of anilines is 3. The molecule has 0 aliphatic carbocycles. The number of aromatic nitrogens is 6. The maximum absolute atomic E-state index is 6.18. The first-order valence-corrected chi connectivity index (χ1v) is 8.65. The van der Waals surface area contributed by atoms with Gasteiger partial charge in [-0.2, -0.15) is 20.1 Å². The Morgan fingerprint density at radius 1 is 1.12 bits per heavy atom. The summed E-state index contributed by atoms with van der Waals surface area (Å²) in [5.41, 5.74) is 0.698. The first kappa shape index (κ1) is 18.3. The smallest absolute Gasteiger partial charge is 0.232 e. The van der Waals surface area contributed by atoms with Gasteiger partial charge in [0.2, 0.25) is 11.9 Å². The summed E-state index contributed by atoms with van der Waals surface area (Å²) in [6.45, 7) is 4.07. The van der Waals surface area contributed by atoms with Crippen molar-refractivity contribution in [2.75, 3.05) is 24.3 Å². The van der Waals surface area contributed by atoms with Gasteiger partial charge in [-0.3, -0.25) is 0 Å². The molecular weight excluding hydrogens is 375 g/mol. The number of nitrogens with zero attached hydrogens (tertiary/aromatic N) is 7. The lowest BCUT2D eigenvalue weighted by atomic mass is 10.2. The molecule has 3 heterocycles. The van der Waals surface area contributed by atoms with Crippen molar-refractivity contribution in [3.63, 3.8) is 0 Å². The quantitative estimate of drug-likeness (QED) is 0.708. The van der Waals surface area contributed by atoms with Crippen LogP contribution < -0.4 is 10.2 Å². The van der Waals surface area contributed by atoms with E-state index in [1.807, 2.05) is 32.8 Å². The number of nitrogens with one attached hydrogen (secondary N) is 1. The van der Waals surface area contributed by atoms with Crippen LogP contribution in [0.1, 0.15) is 25.6 Å². The average molecular weight is 393 g/mol. The van der Waals surface area contributed by atoms with Crippen LogP contribution in [0.25, 0.3) is 5.82 Å². The van der Waals surface area contributed by atoms with E-state index in [1.165, 1.54) is 6.20 Å². The fourth-order valence-electron chi connectivity index (χ4n) is 2.10. The summed E-state index contributed by atoms with van der Waals surface area (Å²) in [5, 5.41) is 8.29. The van der Waals surface area contributed by atoms with Crippen molar-refractivity contribution >= 4 is 40.8 Å². The largest absolute Gasteiger partial charge is 0.347 e. The first-order valence-electron chi connectivity index (χ1n) is 7.90. The van der Waals surface area contributed by atoms with Gasteiger partial charge in [0.15, 0.2) is 5.82 Å². The van der Waals surface area contributed by atoms with Crippen molar-refractivity contribution in [2.45, 2.75) is 19.8 Å². The minimum atomic E-state index is 0.178. The maximum Gasteiger partial charge on any atom is 0.232 e. The Hall–Kier alpha value is -2.45. The molecule has 26 heavy (non-hydrogen) atoms. The molecular formula is C16H18Cl2N8. The fourth-order valence-corrected chi connectivity index (χ4v) is 2.57. The monoisotopic (exact) mass is 392 g/mol. The molecule has 8 nitrogen and oxygen atoms in total. The lowest BCUT2D eigenvalue weighted by molar-refractivity contribution is 0.757. The third kappa shape index (κ3) is 4.03. The number of pyridine rings is 1. The molecule has 0 atom stereocenters. The summed E-state index contributed by atoms with van der Waals surface area (Å²) in [6.07, 6.45) is 4.90. The molecule has 10 heteroatoms. The van der Waals surface area contributed by atoms with Crippen LogP contribution in [0.5, 0.6) is 0 Å². The van der Waals surface area contributed by atoms with Gasteiger partial charge in [-0.1, -0.05) is 37.0 Å². The highest BCUT2D eigenvalue weighted by molar-refractivity contribution is 6.35. The Balaban J connectivity index is 1.89. The van der Waals surface area contributed by atoms with Crippen molar-refractivity contribution in [3.05, 3.63) is 40.5 Å². The lowest BCUT2D eigenvalue weighted by Gasteiger charge is -2.14. The Morgan fingerprint density at radius 2 is 1.88 bits per heavy atom. The van der Waals surface area contributed by atoms with Crippen LogP contribution in [0.3, 0.4) is 0 Å². The van der Waals surface area contributed by atoms with Crippen molar-refractivity contribution in [2.24, 2.45) is 0 Å². The Bertz CT molecular complexity index is 896. The summed E-state index contributed by atoms with van der Waals surface area (Å²) in [4.78, 5) is 19.4. The molecule has 0 radical (unpaired) electrons. The molecule has 0 aliphatic heterocycles. The minimum absolute atomic E-state index is 0.178. The van der Waals surface area contributed by atoms with E-state index in [4.69, 9.17) is 23.2 Å². The Labute approximate surface area is 161 Å². The zero-order valence-electron chi connectivity index (χ0n) is 14.8. The molecule has 0 bridgehead atoms. The van der Waals surface area contributed by atoms with E-state index in [2.05, 4.69) is 30.4 Å². The van der Waals surface area contributed by atoms with E-state index in [0.29, 0.717) is 39.3 Å². The van der Waals surface area contributed by atoms with Crippen LogP contribution in [-0.2, 0) is 0 Å². The summed E-state index contributed by atoms with van der Waals surface area (Å²) in [7, 11) is 3.77. The number of hydrogen-bond donors (Lipinski definition) is 1. The van der Waals surface area contributed by atoms with Gasteiger partial charge in [-0.05, 0) is 6.07 Å². The summed E-state index contributed by atoms with van der Waals surface area (Å²) >= 11 is 12.1. The van der Waals surface area contributed by atoms with Crippen molar-refractivity contribution in [3.8, 4) is 5.82 Å². The van der Waals surface area contributed by atoms with E-state index in [1.54, 1.807) is 23.1 Å². The van der Waals surface area contributed by atoms with Crippen LogP contribution in [-0.4, -0.2) is 43.8 Å². The van der Waals surface area contributed by atoms with Gasteiger partial charge < -0.3 is 10.2 Å². The molecule has 0 saturated carbocycles. The standard InChI is InChI=1S/C16H18Cl2N8/c1-9(2)13-22-15(24-16(23-13)25(3)4)21-11-7-20-26(8-11)14-12(18)5-10(17)6-19-14/h5-9H,1-4H3,(H,21,22,23,24). The minimum Gasteiger partial charge on any atom is -0.347 e. The van der Waals surface area contributed by atoms with E-state index in [9.17, 15) is 0 Å². The van der Waals surface area contributed by atoms with E-state index in [0.717, 1.165) is 0 Å². The van der Waals surface area contributed by atoms with Gasteiger partial charge in [0.25, 0.3) is 0 Å². The number of halogens is 2. The SMILES string of the molecule is CC(C)c1nc(Nc2cnn(-c3ncc(Cl)cc3Cl)c2)nc(N(C)C)n1. The second-order valence-electron chi connectivity index (χ2n) is 6.12. The molecule has 136 valence electrons. The van der Waals surface area contributed by atoms with Crippen molar-refractivity contribution in [1.82, 2.24) is 29.7 Å². The van der Waals surface area contributed by atoms with Gasteiger partial charge in [-0.25, -0.2) is 9.67 Å². The summed E-state index contributed by atoms with van der Waals surface area (Å²) in [6, 6.07) is 1.62. The molecule has 0 aliphatic rings. The summed E-state index contributed by atoms with van der Waals surface area (Å²) in [5.74, 6) is 2.40. The molecule has 0 aromatic carbocycles. The topological polar surface area (TPSA) is 84.7 Å². The molecule has 0 saturated heterocycles. The first-order chi connectivity index (χ1) is 12.3. The van der Waals surface area contributed by atoms with Crippen LogP contribution >= 0.6 is 23.2 Å². The maximum atomic E-state index is 6.18. The highest BCUT2D eigenvalue weighted by Gasteiger charge is 2.13. The highest BCUT2D eigenvalue weighted by atomic mass is 35.5.